The number of nitrogens with one attached hydrogen (secondary N) is 1. The molecule has 2 fully saturated rings. The fourth-order valence-electron chi connectivity index (χ4n) is 4.81. The van der Waals surface area contributed by atoms with E-state index in [2.05, 4.69) is 10.3 Å². The highest BCUT2D eigenvalue weighted by Gasteiger charge is 2.56. The molecule has 2 aliphatic heterocycles. The fraction of sp³-hybridized carbons (Fsp3) is 0.423. The molecule has 3 atom stereocenters. The SMILES string of the molecule is CC(C)(C)NC(=O)N1CCN(C(=O)N2C(=O)[C@H](Cc3ccnc(N)c3)[C@H]2C(=O)O)C(c2ccccc2)C1. The van der Waals surface area contributed by atoms with Gasteiger partial charge in [0.2, 0.25) is 5.91 Å². The van der Waals surface area contributed by atoms with Crippen LogP contribution in [0.3, 0.4) is 0 Å². The number of amides is 5. The number of aromatic nitrogens is 1. The Balaban J connectivity index is 1.56. The van der Waals surface area contributed by atoms with E-state index in [-0.39, 0.29) is 37.9 Å². The number of benzene rings is 1. The maximum absolute atomic E-state index is 13.7. The standard InChI is InChI=1S/C26H32N6O5/c1-26(2,3)29-24(36)30-11-12-31(19(15-30)17-7-5-4-6-8-17)25(37)32-21(23(34)35)18(22(32)33)13-16-9-10-28-20(27)14-16/h4-10,14,18-19,21H,11-13,15H2,1-3H3,(H2,27,28)(H,29,36)(H,34,35)/t18-,19?,21+/m1/s1. The molecule has 2 aromatic rings. The Hall–Kier alpha value is -4.15. The van der Waals surface area contributed by atoms with Gasteiger partial charge in [0.05, 0.1) is 12.0 Å². The predicted molar refractivity (Wildman–Crippen MR) is 135 cm³/mol. The summed E-state index contributed by atoms with van der Waals surface area (Å²) in [4.78, 5) is 59.7. The molecule has 4 rings (SSSR count). The van der Waals surface area contributed by atoms with Crippen molar-refractivity contribution in [1.29, 1.82) is 0 Å². The maximum Gasteiger partial charge on any atom is 0.328 e. The summed E-state index contributed by atoms with van der Waals surface area (Å²) in [6, 6.07) is 9.69. The Labute approximate surface area is 215 Å². The number of hydrogen-bond acceptors (Lipinski definition) is 6. The molecule has 1 aromatic heterocycles. The number of nitrogens with zero attached hydrogens (tertiary/aromatic N) is 4. The molecule has 0 aliphatic carbocycles. The van der Waals surface area contributed by atoms with Crippen molar-refractivity contribution in [2.75, 3.05) is 25.4 Å². The average Bonchev–Trinajstić information content (AvgIpc) is 2.84. The van der Waals surface area contributed by atoms with Crippen LogP contribution in [0.2, 0.25) is 0 Å². The highest BCUT2D eigenvalue weighted by Crippen LogP contribution is 2.35. The van der Waals surface area contributed by atoms with Crippen molar-refractivity contribution in [3.05, 3.63) is 59.8 Å². The van der Waals surface area contributed by atoms with Crippen LogP contribution in [0.1, 0.15) is 37.9 Å². The molecule has 1 aromatic carbocycles. The number of nitrogens with two attached hydrogens (primary N) is 1. The summed E-state index contributed by atoms with van der Waals surface area (Å²) in [5.74, 6) is -2.42. The molecule has 0 spiro atoms. The first kappa shape index (κ1) is 25.9. The number of carboxylic acid groups (broad SMARTS) is 1. The second kappa shape index (κ2) is 10.1. The number of aliphatic carboxylic acids is 1. The molecule has 1 unspecified atom stereocenters. The van der Waals surface area contributed by atoms with Gasteiger partial charge in [-0.1, -0.05) is 30.3 Å². The Morgan fingerprint density at radius 2 is 1.84 bits per heavy atom. The van der Waals surface area contributed by atoms with Crippen LogP contribution in [0, 0.1) is 5.92 Å². The molecule has 3 heterocycles. The minimum absolute atomic E-state index is 0.134. The van der Waals surface area contributed by atoms with Crippen LogP contribution in [-0.4, -0.2) is 79.9 Å². The number of pyridine rings is 1. The largest absolute Gasteiger partial charge is 0.480 e. The third kappa shape index (κ3) is 5.50. The zero-order valence-electron chi connectivity index (χ0n) is 21.1. The van der Waals surface area contributed by atoms with Gasteiger partial charge in [-0.3, -0.25) is 4.79 Å². The normalized spacial score (nSPS) is 21.9. The molecule has 5 amide bonds. The monoisotopic (exact) mass is 508 g/mol. The number of β-lactam (4-membered cyclic amide) rings is 1. The molecular formula is C26H32N6O5. The summed E-state index contributed by atoms with van der Waals surface area (Å²) < 4.78 is 0. The number of hydrogen-bond donors (Lipinski definition) is 3. The summed E-state index contributed by atoms with van der Waals surface area (Å²) in [5.41, 5.74) is 6.74. The van der Waals surface area contributed by atoms with Crippen molar-refractivity contribution in [3.63, 3.8) is 0 Å². The topological polar surface area (TPSA) is 149 Å². The molecule has 2 aliphatic rings. The van der Waals surface area contributed by atoms with E-state index in [0.29, 0.717) is 5.56 Å². The van der Waals surface area contributed by atoms with Gasteiger partial charge in [-0.05, 0) is 50.5 Å². The molecule has 2 saturated heterocycles. The van der Waals surface area contributed by atoms with Crippen LogP contribution in [0.5, 0.6) is 0 Å². The lowest BCUT2D eigenvalue weighted by atomic mass is 9.82. The number of urea groups is 2. The number of carboxylic acids is 1. The quantitative estimate of drug-likeness (QED) is 0.536. The second-order valence-electron chi connectivity index (χ2n) is 10.4. The molecule has 0 radical (unpaired) electrons. The number of imide groups is 1. The van der Waals surface area contributed by atoms with E-state index in [1.807, 2.05) is 51.1 Å². The molecule has 37 heavy (non-hydrogen) atoms. The minimum Gasteiger partial charge on any atom is -0.480 e. The van der Waals surface area contributed by atoms with Crippen LogP contribution in [-0.2, 0) is 16.0 Å². The molecule has 4 N–H and O–H groups in total. The molecule has 0 saturated carbocycles. The lowest BCUT2D eigenvalue weighted by Crippen LogP contribution is -2.70. The van der Waals surface area contributed by atoms with Gasteiger partial charge in [-0.2, -0.15) is 0 Å². The lowest BCUT2D eigenvalue weighted by Gasteiger charge is -2.48. The van der Waals surface area contributed by atoms with Crippen molar-refractivity contribution < 1.29 is 24.3 Å². The first-order valence-corrected chi connectivity index (χ1v) is 12.1. The molecular weight excluding hydrogens is 476 g/mol. The first-order chi connectivity index (χ1) is 17.5. The van der Waals surface area contributed by atoms with E-state index in [1.54, 1.807) is 17.0 Å². The maximum atomic E-state index is 13.7. The summed E-state index contributed by atoms with van der Waals surface area (Å²) in [6.45, 7) is 6.26. The molecule has 11 heteroatoms. The van der Waals surface area contributed by atoms with Gasteiger partial charge < -0.3 is 26.0 Å². The molecule has 11 nitrogen and oxygen atoms in total. The third-order valence-electron chi connectivity index (χ3n) is 6.55. The summed E-state index contributed by atoms with van der Waals surface area (Å²) in [6.07, 6.45) is 1.63. The van der Waals surface area contributed by atoms with Crippen LogP contribution < -0.4 is 11.1 Å². The summed E-state index contributed by atoms with van der Waals surface area (Å²) in [5, 5.41) is 12.9. The first-order valence-electron chi connectivity index (χ1n) is 12.1. The zero-order valence-corrected chi connectivity index (χ0v) is 21.1. The number of anilines is 1. The van der Waals surface area contributed by atoms with Gasteiger partial charge in [0.1, 0.15) is 5.82 Å². The van der Waals surface area contributed by atoms with E-state index in [9.17, 15) is 24.3 Å². The number of likely N-dealkylation sites (tertiary alicyclic amines) is 1. The fourth-order valence-corrected chi connectivity index (χ4v) is 4.81. The van der Waals surface area contributed by atoms with Crippen LogP contribution in [0.15, 0.2) is 48.7 Å². The second-order valence-corrected chi connectivity index (χ2v) is 10.4. The van der Waals surface area contributed by atoms with Crippen molar-refractivity contribution in [1.82, 2.24) is 25.0 Å². The number of carbonyl (C=O) groups excluding carboxylic acids is 3. The molecule has 196 valence electrons. The smallest absolute Gasteiger partial charge is 0.328 e. The van der Waals surface area contributed by atoms with Gasteiger partial charge >= 0.3 is 18.0 Å². The van der Waals surface area contributed by atoms with Gasteiger partial charge in [0.25, 0.3) is 0 Å². The van der Waals surface area contributed by atoms with E-state index in [1.165, 1.54) is 11.1 Å². The predicted octanol–water partition coefficient (Wildman–Crippen LogP) is 2.10. The lowest BCUT2D eigenvalue weighted by molar-refractivity contribution is -0.166. The van der Waals surface area contributed by atoms with Crippen molar-refractivity contribution in [2.24, 2.45) is 5.92 Å². The van der Waals surface area contributed by atoms with E-state index < -0.39 is 41.4 Å². The Morgan fingerprint density at radius 3 is 2.46 bits per heavy atom. The van der Waals surface area contributed by atoms with Crippen molar-refractivity contribution in [2.45, 2.75) is 44.8 Å². The van der Waals surface area contributed by atoms with Crippen LogP contribution >= 0.6 is 0 Å². The van der Waals surface area contributed by atoms with E-state index in [4.69, 9.17) is 5.73 Å². The van der Waals surface area contributed by atoms with Gasteiger partial charge in [-0.15, -0.1) is 0 Å². The van der Waals surface area contributed by atoms with Crippen molar-refractivity contribution >= 4 is 29.8 Å². The van der Waals surface area contributed by atoms with Gasteiger partial charge in [0.15, 0.2) is 6.04 Å². The Morgan fingerprint density at radius 1 is 1.14 bits per heavy atom. The minimum atomic E-state index is -1.30. The Kier molecular flexibility index (Phi) is 7.06. The van der Waals surface area contributed by atoms with Gasteiger partial charge in [-0.25, -0.2) is 24.3 Å². The Bertz CT molecular complexity index is 1200. The molecule has 0 bridgehead atoms. The third-order valence-corrected chi connectivity index (χ3v) is 6.55. The zero-order chi connectivity index (χ0) is 26.9. The number of carbonyl (C=O) groups is 4. The van der Waals surface area contributed by atoms with E-state index >= 15 is 0 Å². The number of nitrogen functional groups attached to an aromatic ring is 1. The van der Waals surface area contributed by atoms with Crippen LogP contribution in [0.4, 0.5) is 15.4 Å². The average molecular weight is 509 g/mol. The van der Waals surface area contributed by atoms with Crippen molar-refractivity contribution in [3.8, 4) is 0 Å². The summed E-state index contributed by atoms with van der Waals surface area (Å²) in [7, 11) is 0. The number of piperazine rings is 1. The van der Waals surface area contributed by atoms with Gasteiger partial charge in [0, 0.05) is 31.4 Å². The van der Waals surface area contributed by atoms with E-state index in [0.717, 1.165) is 10.5 Å². The summed E-state index contributed by atoms with van der Waals surface area (Å²) >= 11 is 0. The highest BCUT2D eigenvalue weighted by molar-refractivity contribution is 6.07. The van der Waals surface area contributed by atoms with Crippen LogP contribution in [0.25, 0.3) is 0 Å². The number of rotatable bonds is 4. The highest BCUT2D eigenvalue weighted by atomic mass is 16.4.